The van der Waals surface area contributed by atoms with Gasteiger partial charge in [-0.3, -0.25) is 9.59 Å². The van der Waals surface area contributed by atoms with Crippen LogP contribution < -0.4 is 15.4 Å². The van der Waals surface area contributed by atoms with E-state index in [1.54, 1.807) is 31.4 Å². The molecule has 1 fully saturated rings. The van der Waals surface area contributed by atoms with Gasteiger partial charge in [0.15, 0.2) is 0 Å². The summed E-state index contributed by atoms with van der Waals surface area (Å²) in [5, 5.41) is 6.85. The summed E-state index contributed by atoms with van der Waals surface area (Å²) >= 11 is 11.4. The number of rotatable bonds is 3. The molecule has 3 aromatic carbocycles. The van der Waals surface area contributed by atoms with E-state index in [0.29, 0.717) is 30.1 Å². The summed E-state index contributed by atoms with van der Waals surface area (Å²) in [6, 6.07) is 26.1. The number of halogens is 2. The summed E-state index contributed by atoms with van der Waals surface area (Å²) < 4.78 is 4.91. The second-order valence-corrected chi connectivity index (χ2v) is 7.72. The average molecular weight is 473 g/mol. The number of hydrogen-bond donors (Lipinski definition) is 2. The zero-order chi connectivity index (χ0) is 23.2. The fourth-order valence-corrected chi connectivity index (χ4v) is 3.07. The maximum atomic E-state index is 11.9. The highest BCUT2D eigenvalue weighted by molar-refractivity contribution is 6.31. The molecule has 2 N–H and O–H groups in total. The molecule has 7 heteroatoms. The largest absolute Gasteiger partial charge is 0.497 e. The third-order valence-corrected chi connectivity index (χ3v) is 4.93. The zero-order valence-electron chi connectivity index (χ0n) is 17.8. The molecule has 3 aromatic rings. The number of amides is 2. The van der Waals surface area contributed by atoms with E-state index in [-0.39, 0.29) is 17.7 Å². The van der Waals surface area contributed by atoms with Gasteiger partial charge in [0.25, 0.3) is 0 Å². The first-order valence-electron chi connectivity index (χ1n) is 10.1. The SMILES string of the molecule is COc1ccccc1.Clc1ccccc1.O=C1CCC(C(=O)Nc2cccc(Cl)c2)CN1. The summed E-state index contributed by atoms with van der Waals surface area (Å²) in [5.41, 5.74) is 0.680. The molecule has 168 valence electrons. The van der Waals surface area contributed by atoms with Crippen molar-refractivity contribution in [3.8, 4) is 5.75 Å². The summed E-state index contributed by atoms with van der Waals surface area (Å²) in [6.07, 6.45) is 1.01. The van der Waals surface area contributed by atoms with E-state index in [4.69, 9.17) is 27.9 Å². The first kappa shape index (κ1) is 25.2. The van der Waals surface area contributed by atoms with E-state index >= 15 is 0 Å². The van der Waals surface area contributed by atoms with Gasteiger partial charge in [-0.05, 0) is 48.9 Å². The highest BCUT2D eigenvalue weighted by Crippen LogP contribution is 2.18. The predicted octanol–water partition coefficient (Wildman–Crippen LogP) is 5.84. The Labute approximate surface area is 198 Å². The van der Waals surface area contributed by atoms with E-state index < -0.39 is 0 Å². The van der Waals surface area contributed by atoms with Crippen LogP contribution in [-0.4, -0.2) is 25.5 Å². The number of carbonyl (C=O) groups is 2. The predicted molar refractivity (Wildman–Crippen MR) is 130 cm³/mol. The molecule has 0 aromatic heterocycles. The van der Waals surface area contributed by atoms with Crippen molar-refractivity contribution in [3.05, 3.63) is 95.0 Å². The van der Waals surface area contributed by atoms with Crippen LogP contribution in [0.3, 0.4) is 0 Å². The molecule has 1 atom stereocenters. The summed E-state index contributed by atoms with van der Waals surface area (Å²) in [5.74, 6) is 0.684. The molecule has 0 radical (unpaired) electrons. The highest BCUT2D eigenvalue weighted by atomic mass is 35.5. The Morgan fingerprint density at radius 2 is 1.56 bits per heavy atom. The van der Waals surface area contributed by atoms with Crippen LogP contribution in [0.15, 0.2) is 84.9 Å². The summed E-state index contributed by atoms with van der Waals surface area (Å²) in [6.45, 7) is 0.408. The van der Waals surface area contributed by atoms with Crippen molar-refractivity contribution in [2.24, 2.45) is 5.92 Å². The van der Waals surface area contributed by atoms with Gasteiger partial charge >= 0.3 is 0 Å². The van der Waals surface area contributed by atoms with Crippen molar-refractivity contribution < 1.29 is 14.3 Å². The first-order valence-corrected chi connectivity index (χ1v) is 10.9. The zero-order valence-corrected chi connectivity index (χ0v) is 19.3. The van der Waals surface area contributed by atoms with Crippen LogP contribution >= 0.6 is 23.2 Å². The summed E-state index contributed by atoms with van der Waals surface area (Å²) in [4.78, 5) is 22.9. The number of anilines is 1. The molecular weight excluding hydrogens is 447 g/mol. The van der Waals surface area contributed by atoms with Crippen LogP contribution in [0.5, 0.6) is 5.75 Å². The second-order valence-electron chi connectivity index (χ2n) is 6.85. The van der Waals surface area contributed by atoms with Crippen molar-refractivity contribution in [1.82, 2.24) is 5.32 Å². The van der Waals surface area contributed by atoms with E-state index in [2.05, 4.69) is 10.6 Å². The number of benzene rings is 3. The molecule has 1 unspecified atom stereocenters. The van der Waals surface area contributed by atoms with Gasteiger partial charge in [0.1, 0.15) is 5.75 Å². The Balaban J connectivity index is 0.000000199. The number of ether oxygens (including phenoxy) is 1. The minimum absolute atomic E-state index is 0.0109. The van der Waals surface area contributed by atoms with Gasteiger partial charge in [-0.25, -0.2) is 0 Å². The quantitative estimate of drug-likeness (QED) is 0.502. The lowest BCUT2D eigenvalue weighted by molar-refractivity contribution is -0.126. The van der Waals surface area contributed by atoms with Crippen LogP contribution in [0.25, 0.3) is 0 Å². The fourth-order valence-electron chi connectivity index (χ4n) is 2.74. The fraction of sp³-hybridized carbons (Fsp3) is 0.200. The van der Waals surface area contributed by atoms with Gasteiger partial charge in [-0.2, -0.15) is 0 Å². The lowest BCUT2D eigenvalue weighted by atomic mass is 9.98. The van der Waals surface area contributed by atoms with Gasteiger partial charge in [0.2, 0.25) is 11.8 Å². The number of para-hydroxylation sites is 1. The van der Waals surface area contributed by atoms with Gasteiger partial charge in [-0.1, -0.05) is 65.7 Å². The molecule has 1 aliphatic heterocycles. The van der Waals surface area contributed by atoms with Crippen molar-refractivity contribution in [3.63, 3.8) is 0 Å². The Morgan fingerprint density at radius 3 is 2.03 bits per heavy atom. The lowest BCUT2D eigenvalue weighted by Gasteiger charge is -2.21. The standard InChI is InChI=1S/C12H13ClN2O2.C7H8O.C6H5Cl/c13-9-2-1-3-10(6-9)15-12(17)8-4-5-11(16)14-7-8;1-8-7-5-3-2-4-6-7;7-6-4-2-1-3-5-6/h1-3,6,8H,4-5,7H2,(H,14,16)(H,15,17);2-6H,1H3;1-5H. The molecule has 0 spiro atoms. The van der Waals surface area contributed by atoms with Crippen LogP contribution in [-0.2, 0) is 9.59 Å². The van der Waals surface area contributed by atoms with Gasteiger partial charge in [0, 0.05) is 28.7 Å². The lowest BCUT2D eigenvalue weighted by Crippen LogP contribution is -2.40. The number of methoxy groups -OCH3 is 1. The molecule has 0 saturated carbocycles. The molecule has 0 bridgehead atoms. The Hall–Kier alpha value is -3.02. The van der Waals surface area contributed by atoms with Gasteiger partial charge in [-0.15, -0.1) is 0 Å². The molecule has 32 heavy (non-hydrogen) atoms. The van der Waals surface area contributed by atoms with E-state index in [1.807, 2.05) is 60.7 Å². The Bertz CT molecular complexity index is 959. The molecule has 5 nitrogen and oxygen atoms in total. The van der Waals surface area contributed by atoms with Crippen molar-refractivity contribution >= 4 is 40.7 Å². The number of hydrogen-bond acceptors (Lipinski definition) is 3. The van der Waals surface area contributed by atoms with Crippen LogP contribution in [0, 0.1) is 5.92 Å². The highest BCUT2D eigenvalue weighted by Gasteiger charge is 2.24. The minimum Gasteiger partial charge on any atom is -0.497 e. The third kappa shape index (κ3) is 9.86. The van der Waals surface area contributed by atoms with Crippen molar-refractivity contribution in [2.75, 3.05) is 19.0 Å². The topological polar surface area (TPSA) is 67.4 Å². The third-order valence-electron chi connectivity index (χ3n) is 4.44. The van der Waals surface area contributed by atoms with Crippen LogP contribution in [0.2, 0.25) is 10.0 Å². The number of carbonyl (C=O) groups excluding carboxylic acids is 2. The first-order chi connectivity index (χ1) is 15.5. The number of piperidine rings is 1. The normalized spacial score (nSPS) is 14.5. The monoisotopic (exact) mass is 472 g/mol. The second kappa shape index (κ2) is 14.1. The molecule has 0 aliphatic carbocycles. The van der Waals surface area contributed by atoms with Gasteiger partial charge in [0.05, 0.1) is 13.0 Å². The van der Waals surface area contributed by atoms with Crippen LogP contribution in [0.1, 0.15) is 12.8 Å². The molecule has 4 rings (SSSR count). The van der Waals surface area contributed by atoms with Crippen molar-refractivity contribution in [2.45, 2.75) is 12.8 Å². The number of nitrogens with one attached hydrogen (secondary N) is 2. The molecule has 1 aliphatic rings. The maximum absolute atomic E-state index is 11.9. The summed E-state index contributed by atoms with van der Waals surface area (Å²) in [7, 11) is 1.66. The average Bonchev–Trinajstić information content (AvgIpc) is 2.81. The minimum atomic E-state index is -0.160. The molecule has 1 heterocycles. The smallest absolute Gasteiger partial charge is 0.229 e. The van der Waals surface area contributed by atoms with E-state index in [9.17, 15) is 9.59 Å². The van der Waals surface area contributed by atoms with E-state index in [1.165, 1.54) is 0 Å². The molecule has 2 amide bonds. The van der Waals surface area contributed by atoms with Crippen molar-refractivity contribution in [1.29, 1.82) is 0 Å². The maximum Gasteiger partial charge on any atom is 0.229 e. The Kier molecular flexibility index (Phi) is 11.1. The molecular formula is C25H26Cl2N2O3. The van der Waals surface area contributed by atoms with Crippen LogP contribution in [0.4, 0.5) is 5.69 Å². The molecule has 1 saturated heterocycles. The van der Waals surface area contributed by atoms with E-state index in [0.717, 1.165) is 10.8 Å². The van der Waals surface area contributed by atoms with Gasteiger partial charge < -0.3 is 15.4 Å². The Morgan fingerprint density at radius 1 is 0.938 bits per heavy atom.